The molecule has 2 aromatic rings. The molecule has 0 fully saturated rings. The maximum atomic E-state index is 5.54. The molecule has 0 amide bonds. The zero-order valence-electron chi connectivity index (χ0n) is 11.3. The summed E-state index contributed by atoms with van der Waals surface area (Å²) in [5.74, 6) is 1.76. The number of benzene rings is 2. The zero-order valence-corrected chi connectivity index (χ0v) is 11.3. The lowest BCUT2D eigenvalue weighted by Gasteiger charge is -2.13. The predicted octanol–water partition coefficient (Wildman–Crippen LogP) is 2.67. The molecule has 2 aromatic carbocycles. The standard InChI is InChI=1S/C17H17NO2/c1-2-5-13-9-15(8-12(13)4-1)18-10-14-6-3-7-16-17(14)20-11-19-16/h1-7,15,18H,8-11H2. The largest absolute Gasteiger partial charge is 0.454 e. The van der Waals surface area contributed by atoms with Gasteiger partial charge in [-0.2, -0.15) is 0 Å². The Morgan fingerprint density at radius 1 is 0.950 bits per heavy atom. The summed E-state index contributed by atoms with van der Waals surface area (Å²) >= 11 is 0. The van der Waals surface area contributed by atoms with Gasteiger partial charge in [0.15, 0.2) is 11.5 Å². The van der Waals surface area contributed by atoms with Crippen molar-refractivity contribution >= 4 is 0 Å². The molecule has 2 aliphatic rings. The maximum Gasteiger partial charge on any atom is 0.231 e. The summed E-state index contributed by atoms with van der Waals surface area (Å²) in [4.78, 5) is 0. The molecule has 20 heavy (non-hydrogen) atoms. The number of fused-ring (bicyclic) bond motifs is 2. The third kappa shape index (κ3) is 2.04. The molecular weight excluding hydrogens is 250 g/mol. The molecule has 1 heterocycles. The molecule has 0 bridgehead atoms. The Labute approximate surface area is 118 Å². The minimum absolute atomic E-state index is 0.335. The second kappa shape index (κ2) is 4.84. The summed E-state index contributed by atoms with van der Waals surface area (Å²) < 4.78 is 11.0. The number of ether oxygens (including phenoxy) is 2. The van der Waals surface area contributed by atoms with Crippen LogP contribution in [-0.2, 0) is 19.4 Å². The summed E-state index contributed by atoms with van der Waals surface area (Å²) in [6.07, 6.45) is 2.23. The molecule has 0 spiro atoms. The molecule has 1 aliphatic heterocycles. The Morgan fingerprint density at radius 2 is 1.75 bits per heavy atom. The van der Waals surface area contributed by atoms with E-state index in [1.54, 1.807) is 0 Å². The number of para-hydroxylation sites is 1. The van der Waals surface area contributed by atoms with Crippen LogP contribution in [0.4, 0.5) is 0 Å². The fraction of sp³-hybridized carbons (Fsp3) is 0.294. The van der Waals surface area contributed by atoms with E-state index in [9.17, 15) is 0 Å². The molecule has 0 saturated carbocycles. The lowest BCUT2D eigenvalue weighted by Crippen LogP contribution is -2.29. The van der Waals surface area contributed by atoms with Gasteiger partial charge in [-0.3, -0.25) is 0 Å². The molecular formula is C17H17NO2. The highest BCUT2D eigenvalue weighted by Gasteiger charge is 2.22. The van der Waals surface area contributed by atoms with Gasteiger partial charge >= 0.3 is 0 Å². The van der Waals surface area contributed by atoms with Gasteiger partial charge in [0.05, 0.1) is 0 Å². The van der Waals surface area contributed by atoms with E-state index in [4.69, 9.17) is 9.47 Å². The highest BCUT2D eigenvalue weighted by atomic mass is 16.7. The SMILES string of the molecule is c1ccc2c(c1)CC(NCc1cccc3c1OCO3)C2. The van der Waals surface area contributed by atoms with Crippen molar-refractivity contribution in [2.75, 3.05) is 6.79 Å². The van der Waals surface area contributed by atoms with Crippen molar-refractivity contribution in [2.24, 2.45) is 0 Å². The average Bonchev–Trinajstić information content (AvgIpc) is 3.11. The van der Waals surface area contributed by atoms with Crippen molar-refractivity contribution in [2.45, 2.75) is 25.4 Å². The maximum absolute atomic E-state index is 5.54. The summed E-state index contributed by atoms with van der Waals surface area (Å²) in [5, 5.41) is 3.64. The Kier molecular flexibility index (Phi) is 2.85. The first-order valence-corrected chi connectivity index (χ1v) is 7.08. The molecule has 4 rings (SSSR count). The van der Waals surface area contributed by atoms with Gasteiger partial charge in [0.1, 0.15) is 0 Å². The van der Waals surface area contributed by atoms with Crippen LogP contribution in [0, 0.1) is 0 Å². The summed E-state index contributed by atoms with van der Waals surface area (Å²) in [5.41, 5.74) is 4.13. The first kappa shape index (κ1) is 11.8. The van der Waals surface area contributed by atoms with Gasteiger partial charge in [0.25, 0.3) is 0 Å². The molecule has 0 radical (unpaired) electrons. The topological polar surface area (TPSA) is 30.5 Å². The van der Waals surface area contributed by atoms with Crippen molar-refractivity contribution in [3.8, 4) is 11.5 Å². The summed E-state index contributed by atoms with van der Waals surface area (Å²) in [7, 11) is 0. The monoisotopic (exact) mass is 267 g/mol. The highest BCUT2D eigenvalue weighted by Crippen LogP contribution is 2.35. The van der Waals surface area contributed by atoms with Gasteiger partial charge in [-0.1, -0.05) is 36.4 Å². The van der Waals surface area contributed by atoms with Crippen LogP contribution in [0.1, 0.15) is 16.7 Å². The van der Waals surface area contributed by atoms with E-state index in [1.165, 1.54) is 16.7 Å². The number of hydrogen-bond acceptors (Lipinski definition) is 3. The molecule has 3 nitrogen and oxygen atoms in total. The number of nitrogens with one attached hydrogen (secondary N) is 1. The predicted molar refractivity (Wildman–Crippen MR) is 77.0 cm³/mol. The van der Waals surface area contributed by atoms with Gasteiger partial charge in [-0.05, 0) is 30.0 Å². The van der Waals surface area contributed by atoms with E-state index in [2.05, 4.69) is 35.6 Å². The van der Waals surface area contributed by atoms with Gasteiger partial charge in [0.2, 0.25) is 6.79 Å². The fourth-order valence-electron chi connectivity index (χ4n) is 3.09. The number of hydrogen-bond donors (Lipinski definition) is 1. The van der Waals surface area contributed by atoms with Crippen LogP contribution < -0.4 is 14.8 Å². The Balaban J connectivity index is 1.44. The zero-order chi connectivity index (χ0) is 13.4. The van der Waals surface area contributed by atoms with Crippen LogP contribution in [0.15, 0.2) is 42.5 Å². The Bertz CT molecular complexity index is 614. The molecule has 1 aliphatic carbocycles. The lowest BCUT2D eigenvalue weighted by atomic mass is 10.1. The second-order valence-corrected chi connectivity index (χ2v) is 5.41. The lowest BCUT2D eigenvalue weighted by molar-refractivity contribution is 0.173. The van der Waals surface area contributed by atoms with Crippen LogP contribution in [0.3, 0.4) is 0 Å². The fourth-order valence-corrected chi connectivity index (χ4v) is 3.09. The highest BCUT2D eigenvalue weighted by molar-refractivity contribution is 5.48. The van der Waals surface area contributed by atoms with E-state index in [0.717, 1.165) is 30.9 Å². The number of rotatable bonds is 3. The minimum atomic E-state index is 0.335. The minimum Gasteiger partial charge on any atom is -0.454 e. The van der Waals surface area contributed by atoms with Crippen molar-refractivity contribution < 1.29 is 9.47 Å². The van der Waals surface area contributed by atoms with Gasteiger partial charge in [-0.15, -0.1) is 0 Å². The Morgan fingerprint density at radius 3 is 2.55 bits per heavy atom. The first-order valence-electron chi connectivity index (χ1n) is 7.08. The molecule has 0 atom stereocenters. The molecule has 0 aromatic heterocycles. The molecule has 0 saturated heterocycles. The second-order valence-electron chi connectivity index (χ2n) is 5.41. The van der Waals surface area contributed by atoms with Gasteiger partial charge in [0, 0.05) is 18.2 Å². The van der Waals surface area contributed by atoms with E-state index in [0.29, 0.717) is 12.8 Å². The van der Waals surface area contributed by atoms with E-state index in [1.807, 2.05) is 12.1 Å². The smallest absolute Gasteiger partial charge is 0.231 e. The average molecular weight is 267 g/mol. The van der Waals surface area contributed by atoms with Crippen LogP contribution in [0.25, 0.3) is 0 Å². The van der Waals surface area contributed by atoms with Crippen LogP contribution in [0.2, 0.25) is 0 Å². The Hall–Kier alpha value is -2.00. The third-order valence-corrected chi connectivity index (χ3v) is 4.11. The van der Waals surface area contributed by atoms with E-state index < -0.39 is 0 Å². The van der Waals surface area contributed by atoms with Gasteiger partial charge in [-0.25, -0.2) is 0 Å². The van der Waals surface area contributed by atoms with E-state index >= 15 is 0 Å². The van der Waals surface area contributed by atoms with Crippen molar-refractivity contribution in [3.05, 3.63) is 59.2 Å². The summed E-state index contributed by atoms with van der Waals surface area (Å²) in [6, 6.07) is 15.3. The normalized spacial score (nSPS) is 16.4. The molecule has 3 heteroatoms. The molecule has 0 unspecified atom stereocenters. The quantitative estimate of drug-likeness (QED) is 0.927. The van der Waals surface area contributed by atoms with Gasteiger partial charge < -0.3 is 14.8 Å². The van der Waals surface area contributed by atoms with Crippen molar-refractivity contribution in [1.82, 2.24) is 5.32 Å². The summed E-state index contributed by atoms with van der Waals surface area (Å²) in [6.45, 7) is 1.16. The van der Waals surface area contributed by atoms with Crippen molar-refractivity contribution in [3.63, 3.8) is 0 Å². The molecule has 102 valence electrons. The van der Waals surface area contributed by atoms with E-state index in [-0.39, 0.29) is 0 Å². The molecule has 1 N–H and O–H groups in total. The van der Waals surface area contributed by atoms with Crippen molar-refractivity contribution in [1.29, 1.82) is 0 Å². The van der Waals surface area contributed by atoms with Crippen LogP contribution in [0.5, 0.6) is 11.5 Å². The first-order chi connectivity index (χ1) is 9.90. The van der Waals surface area contributed by atoms with Crippen LogP contribution in [-0.4, -0.2) is 12.8 Å². The van der Waals surface area contributed by atoms with Crippen LogP contribution >= 0.6 is 0 Å². The third-order valence-electron chi connectivity index (χ3n) is 4.11.